The van der Waals surface area contributed by atoms with Crippen LogP contribution in [0.25, 0.3) is 0 Å². The Bertz CT molecular complexity index is 576. The Kier molecular flexibility index (Phi) is 3.36. The van der Waals surface area contributed by atoms with Crippen LogP contribution in [0.3, 0.4) is 0 Å². The zero-order chi connectivity index (χ0) is 13.1. The van der Waals surface area contributed by atoms with Gasteiger partial charge in [-0.2, -0.15) is 15.3 Å². The lowest BCUT2D eigenvalue weighted by Gasteiger charge is -2.07. The van der Waals surface area contributed by atoms with Gasteiger partial charge in [0.25, 0.3) is 5.91 Å². The minimum atomic E-state index is -0.197. The Morgan fingerprint density at radius 2 is 2.17 bits per heavy atom. The minimum absolute atomic E-state index is 0.197. The van der Waals surface area contributed by atoms with Crippen LogP contribution < -0.4 is 5.32 Å². The molecule has 0 radical (unpaired) electrons. The zero-order valence-corrected chi connectivity index (χ0v) is 10.6. The Morgan fingerprint density at radius 3 is 2.78 bits per heavy atom. The van der Waals surface area contributed by atoms with Gasteiger partial charge in [0.15, 0.2) is 0 Å². The first kappa shape index (κ1) is 12.2. The van der Waals surface area contributed by atoms with E-state index in [2.05, 4.69) is 25.7 Å². The number of nitrogens with one attached hydrogen (secondary N) is 2. The second-order valence-electron chi connectivity index (χ2n) is 4.08. The van der Waals surface area contributed by atoms with Gasteiger partial charge >= 0.3 is 0 Å². The average Bonchev–Trinajstić information content (AvgIpc) is 2.75. The third kappa shape index (κ3) is 2.37. The lowest BCUT2D eigenvalue weighted by molar-refractivity contribution is 0.102. The molecule has 0 fully saturated rings. The van der Waals surface area contributed by atoms with Crippen molar-refractivity contribution in [3.8, 4) is 0 Å². The molecule has 1 amide bonds. The molecule has 0 aliphatic rings. The van der Waals surface area contributed by atoms with Crippen molar-refractivity contribution in [2.24, 2.45) is 0 Å². The van der Waals surface area contributed by atoms with E-state index in [4.69, 9.17) is 0 Å². The van der Waals surface area contributed by atoms with Gasteiger partial charge in [-0.15, -0.1) is 0 Å². The summed E-state index contributed by atoms with van der Waals surface area (Å²) in [5.41, 5.74) is 2.85. The number of amides is 1. The first-order valence-electron chi connectivity index (χ1n) is 5.76. The Labute approximate surface area is 105 Å². The average molecular weight is 245 g/mol. The highest BCUT2D eigenvalue weighted by Crippen LogP contribution is 2.13. The number of anilines is 1. The first-order valence-corrected chi connectivity index (χ1v) is 5.76. The van der Waals surface area contributed by atoms with Gasteiger partial charge in [-0.25, -0.2) is 0 Å². The van der Waals surface area contributed by atoms with Crippen LogP contribution in [0.5, 0.6) is 0 Å². The number of hydrogen-bond acceptors (Lipinski definition) is 4. The van der Waals surface area contributed by atoms with Crippen molar-refractivity contribution >= 4 is 11.7 Å². The quantitative estimate of drug-likeness (QED) is 0.860. The molecule has 0 spiro atoms. The number of nitrogens with zero attached hydrogens (tertiary/aromatic N) is 3. The maximum Gasteiger partial charge on any atom is 0.258 e. The molecular formula is C12H15N5O. The van der Waals surface area contributed by atoms with Crippen molar-refractivity contribution in [2.45, 2.75) is 27.2 Å². The molecule has 2 aromatic rings. The second kappa shape index (κ2) is 4.95. The smallest absolute Gasteiger partial charge is 0.258 e. The number of H-pyrrole nitrogens is 1. The van der Waals surface area contributed by atoms with Crippen molar-refractivity contribution in [3.63, 3.8) is 0 Å². The third-order valence-corrected chi connectivity index (χ3v) is 2.64. The topological polar surface area (TPSA) is 83.6 Å². The van der Waals surface area contributed by atoms with Crippen LogP contribution in [0.4, 0.5) is 5.82 Å². The van der Waals surface area contributed by atoms with E-state index in [1.807, 2.05) is 20.8 Å². The molecule has 2 N–H and O–H groups in total. The Balaban J connectivity index is 2.29. The molecule has 0 aromatic carbocycles. The van der Waals surface area contributed by atoms with E-state index < -0.39 is 0 Å². The second-order valence-corrected chi connectivity index (χ2v) is 4.08. The van der Waals surface area contributed by atoms with Crippen molar-refractivity contribution in [1.29, 1.82) is 0 Å². The maximum atomic E-state index is 12.2. The van der Waals surface area contributed by atoms with Gasteiger partial charge in [0.2, 0.25) is 0 Å². The summed E-state index contributed by atoms with van der Waals surface area (Å²) in [6.45, 7) is 5.62. The van der Waals surface area contributed by atoms with Crippen LogP contribution in [-0.4, -0.2) is 26.3 Å². The van der Waals surface area contributed by atoms with E-state index in [0.29, 0.717) is 23.5 Å². The van der Waals surface area contributed by atoms with Gasteiger partial charge < -0.3 is 5.32 Å². The molecule has 0 saturated carbocycles. The molecule has 18 heavy (non-hydrogen) atoms. The highest BCUT2D eigenvalue weighted by molar-refractivity contribution is 6.04. The van der Waals surface area contributed by atoms with E-state index in [1.54, 1.807) is 12.3 Å². The minimum Gasteiger partial charge on any atom is -0.307 e. The van der Waals surface area contributed by atoms with E-state index in [1.165, 1.54) is 0 Å². The van der Waals surface area contributed by atoms with Crippen LogP contribution in [-0.2, 0) is 6.42 Å². The van der Waals surface area contributed by atoms with E-state index >= 15 is 0 Å². The number of aromatic nitrogens is 4. The molecule has 0 aliphatic heterocycles. The van der Waals surface area contributed by atoms with Gasteiger partial charge in [-0.1, -0.05) is 6.92 Å². The standard InChI is InChI=1S/C12H15N5O/c1-4-10-9(5-8(3)15-16-10)12(18)14-11-7(2)6-13-17-11/h5-6H,4H2,1-3H3,(H2,13,14,17,18). The van der Waals surface area contributed by atoms with Crippen LogP contribution in [0, 0.1) is 13.8 Å². The number of aryl methyl sites for hydroxylation is 3. The molecule has 0 unspecified atom stereocenters. The summed E-state index contributed by atoms with van der Waals surface area (Å²) in [7, 11) is 0. The van der Waals surface area contributed by atoms with Gasteiger partial charge in [0.1, 0.15) is 5.82 Å². The van der Waals surface area contributed by atoms with Crippen LogP contribution in [0.1, 0.15) is 34.2 Å². The predicted molar refractivity (Wildman–Crippen MR) is 67.4 cm³/mol. The fraction of sp³-hybridized carbons (Fsp3) is 0.333. The lowest BCUT2D eigenvalue weighted by atomic mass is 10.1. The fourth-order valence-corrected chi connectivity index (χ4v) is 1.63. The summed E-state index contributed by atoms with van der Waals surface area (Å²) in [4.78, 5) is 12.2. The van der Waals surface area contributed by atoms with Crippen LogP contribution >= 0.6 is 0 Å². The summed E-state index contributed by atoms with van der Waals surface area (Å²) in [6.07, 6.45) is 2.32. The first-order chi connectivity index (χ1) is 8.61. The summed E-state index contributed by atoms with van der Waals surface area (Å²) in [5.74, 6) is 0.411. The monoisotopic (exact) mass is 245 g/mol. The molecule has 6 nitrogen and oxygen atoms in total. The highest BCUT2D eigenvalue weighted by atomic mass is 16.1. The molecular weight excluding hydrogens is 230 g/mol. The fourth-order valence-electron chi connectivity index (χ4n) is 1.63. The summed E-state index contributed by atoms with van der Waals surface area (Å²) in [5, 5.41) is 17.4. The van der Waals surface area contributed by atoms with Crippen molar-refractivity contribution in [2.75, 3.05) is 5.32 Å². The number of carbonyl (C=O) groups excluding carboxylic acids is 1. The number of aromatic amines is 1. The van der Waals surface area contributed by atoms with Gasteiger partial charge in [-0.3, -0.25) is 9.89 Å². The number of hydrogen-bond donors (Lipinski definition) is 2. The summed E-state index contributed by atoms with van der Waals surface area (Å²) < 4.78 is 0. The molecule has 2 rings (SSSR count). The van der Waals surface area contributed by atoms with Crippen molar-refractivity contribution in [3.05, 3.63) is 34.8 Å². The Hall–Kier alpha value is -2.24. The molecule has 94 valence electrons. The molecule has 0 atom stereocenters. The van der Waals surface area contributed by atoms with Gasteiger partial charge in [0, 0.05) is 5.56 Å². The number of carbonyl (C=O) groups is 1. The largest absolute Gasteiger partial charge is 0.307 e. The molecule has 0 bridgehead atoms. The van der Waals surface area contributed by atoms with E-state index in [0.717, 1.165) is 11.3 Å². The zero-order valence-electron chi connectivity index (χ0n) is 10.6. The summed E-state index contributed by atoms with van der Waals surface area (Å²) >= 11 is 0. The normalized spacial score (nSPS) is 10.4. The number of rotatable bonds is 3. The highest BCUT2D eigenvalue weighted by Gasteiger charge is 2.14. The lowest BCUT2D eigenvalue weighted by Crippen LogP contribution is -2.17. The SMILES string of the molecule is CCc1nnc(C)cc1C(=O)Nc1[nH]ncc1C. The van der Waals surface area contributed by atoms with Crippen LogP contribution in [0.2, 0.25) is 0 Å². The van der Waals surface area contributed by atoms with E-state index in [9.17, 15) is 4.79 Å². The van der Waals surface area contributed by atoms with Gasteiger partial charge in [-0.05, 0) is 26.3 Å². The van der Waals surface area contributed by atoms with Gasteiger partial charge in [0.05, 0.1) is 23.1 Å². The molecule has 0 saturated heterocycles. The third-order valence-electron chi connectivity index (χ3n) is 2.64. The maximum absolute atomic E-state index is 12.2. The molecule has 2 aromatic heterocycles. The van der Waals surface area contributed by atoms with E-state index in [-0.39, 0.29) is 5.91 Å². The summed E-state index contributed by atoms with van der Waals surface area (Å²) in [6, 6.07) is 1.74. The van der Waals surface area contributed by atoms with Crippen molar-refractivity contribution < 1.29 is 4.79 Å². The van der Waals surface area contributed by atoms with Crippen LogP contribution in [0.15, 0.2) is 12.3 Å². The van der Waals surface area contributed by atoms with Crippen molar-refractivity contribution in [1.82, 2.24) is 20.4 Å². The molecule has 0 aliphatic carbocycles. The Morgan fingerprint density at radius 1 is 1.39 bits per heavy atom. The molecule has 2 heterocycles. The molecule has 6 heteroatoms. The predicted octanol–water partition coefficient (Wildman–Crippen LogP) is 1.63.